The summed E-state index contributed by atoms with van der Waals surface area (Å²) in [7, 11) is 0. The molecule has 1 aliphatic rings. The first-order chi connectivity index (χ1) is 9.27. The Morgan fingerprint density at radius 2 is 1.84 bits per heavy atom. The highest BCUT2D eigenvalue weighted by Crippen LogP contribution is 2.16. The number of amides is 1. The van der Waals surface area contributed by atoms with E-state index in [1.807, 2.05) is 17.0 Å². The maximum Gasteiger partial charge on any atom is 0.246 e. The minimum absolute atomic E-state index is 0.0710. The summed E-state index contributed by atoms with van der Waals surface area (Å²) in [5, 5.41) is 9.57. The Kier molecular flexibility index (Phi) is 4.78. The number of phenolic OH excluding ortho intramolecular Hbond substituents is 1. The number of piperidine rings is 1. The van der Waals surface area contributed by atoms with Crippen LogP contribution in [0.1, 0.15) is 24.8 Å². The number of phenols is 1. The molecule has 3 nitrogen and oxygen atoms in total. The van der Waals surface area contributed by atoms with Gasteiger partial charge in [0.1, 0.15) is 5.75 Å². The number of rotatable bonds is 3. The van der Waals surface area contributed by atoms with Crippen LogP contribution in [0.4, 0.5) is 0 Å². The van der Waals surface area contributed by atoms with Crippen LogP contribution in [0.5, 0.6) is 5.75 Å². The summed E-state index contributed by atoms with van der Waals surface area (Å²) in [6.07, 6.45) is 10.3. The lowest BCUT2D eigenvalue weighted by Crippen LogP contribution is -2.34. The van der Waals surface area contributed by atoms with Crippen molar-refractivity contribution in [2.45, 2.75) is 19.3 Å². The second-order valence-electron chi connectivity index (χ2n) is 4.66. The zero-order valence-electron chi connectivity index (χ0n) is 11.0. The summed E-state index contributed by atoms with van der Waals surface area (Å²) in [4.78, 5) is 13.7. The maximum absolute atomic E-state index is 11.8. The molecule has 0 aromatic heterocycles. The SMILES string of the molecule is O=C(/C=C/C=C/c1ccccc1O)N1CCCCC1. The molecule has 0 unspecified atom stereocenters. The molecule has 0 atom stereocenters. The molecular formula is C16H19NO2. The molecular weight excluding hydrogens is 238 g/mol. The van der Waals surface area contributed by atoms with Crippen molar-refractivity contribution in [3.63, 3.8) is 0 Å². The van der Waals surface area contributed by atoms with Gasteiger partial charge in [0.15, 0.2) is 0 Å². The van der Waals surface area contributed by atoms with Crippen LogP contribution in [0.2, 0.25) is 0 Å². The van der Waals surface area contributed by atoms with Gasteiger partial charge in [-0.1, -0.05) is 36.4 Å². The third kappa shape index (κ3) is 3.98. The van der Waals surface area contributed by atoms with Crippen LogP contribution in [0.25, 0.3) is 6.08 Å². The lowest BCUT2D eigenvalue weighted by molar-refractivity contribution is -0.126. The number of likely N-dealkylation sites (tertiary alicyclic amines) is 1. The molecule has 3 heteroatoms. The Hall–Kier alpha value is -2.03. The van der Waals surface area contributed by atoms with E-state index in [1.165, 1.54) is 6.42 Å². The third-order valence-electron chi connectivity index (χ3n) is 3.23. The summed E-state index contributed by atoms with van der Waals surface area (Å²) in [5.41, 5.74) is 0.748. The molecule has 0 radical (unpaired) electrons. The third-order valence-corrected chi connectivity index (χ3v) is 3.23. The number of carbonyl (C=O) groups excluding carboxylic acids is 1. The maximum atomic E-state index is 11.8. The zero-order valence-corrected chi connectivity index (χ0v) is 11.0. The molecule has 1 N–H and O–H groups in total. The van der Waals surface area contributed by atoms with Crippen LogP contribution in [-0.2, 0) is 4.79 Å². The lowest BCUT2D eigenvalue weighted by Gasteiger charge is -2.25. The van der Waals surface area contributed by atoms with Crippen LogP contribution >= 0.6 is 0 Å². The van der Waals surface area contributed by atoms with Crippen LogP contribution in [0, 0.1) is 0 Å². The smallest absolute Gasteiger partial charge is 0.246 e. The number of para-hydroxylation sites is 1. The predicted molar refractivity (Wildman–Crippen MR) is 76.7 cm³/mol. The Bertz CT molecular complexity index is 485. The Labute approximate surface area is 113 Å². The molecule has 0 aliphatic carbocycles. The Morgan fingerprint density at radius 1 is 1.11 bits per heavy atom. The standard InChI is InChI=1S/C16H19NO2/c18-15-10-4-2-8-14(15)9-3-5-11-16(19)17-12-6-1-7-13-17/h2-5,8-11,18H,1,6-7,12-13H2/b9-3+,11-5+. The molecule has 1 aliphatic heterocycles. The lowest BCUT2D eigenvalue weighted by atomic mass is 10.1. The summed E-state index contributed by atoms with van der Waals surface area (Å²) < 4.78 is 0. The average molecular weight is 257 g/mol. The number of benzene rings is 1. The zero-order chi connectivity index (χ0) is 13.5. The van der Waals surface area contributed by atoms with Gasteiger partial charge in [0.2, 0.25) is 5.91 Å². The number of nitrogens with zero attached hydrogens (tertiary/aromatic N) is 1. The van der Waals surface area contributed by atoms with Crippen molar-refractivity contribution < 1.29 is 9.90 Å². The molecule has 19 heavy (non-hydrogen) atoms. The van der Waals surface area contributed by atoms with E-state index >= 15 is 0 Å². The summed E-state index contributed by atoms with van der Waals surface area (Å²) >= 11 is 0. The van der Waals surface area contributed by atoms with Crippen molar-refractivity contribution in [2.24, 2.45) is 0 Å². The Morgan fingerprint density at radius 3 is 2.58 bits per heavy atom. The fourth-order valence-electron chi connectivity index (χ4n) is 2.15. The first-order valence-corrected chi connectivity index (χ1v) is 6.69. The van der Waals surface area contributed by atoms with Gasteiger partial charge in [-0.2, -0.15) is 0 Å². The van der Waals surface area contributed by atoms with Gasteiger partial charge in [0.25, 0.3) is 0 Å². The predicted octanol–water partition coefficient (Wildman–Crippen LogP) is 2.97. The van der Waals surface area contributed by atoms with E-state index in [0.29, 0.717) is 0 Å². The number of allylic oxidation sites excluding steroid dienone is 2. The molecule has 100 valence electrons. The fraction of sp³-hybridized carbons (Fsp3) is 0.312. The monoisotopic (exact) mass is 257 g/mol. The van der Waals surface area contributed by atoms with Crippen molar-refractivity contribution in [2.75, 3.05) is 13.1 Å². The quantitative estimate of drug-likeness (QED) is 0.668. The number of aromatic hydroxyl groups is 1. The van der Waals surface area contributed by atoms with E-state index in [0.717, 1.165) is 31.5 Å². The highest BCUT2D eigenvalue weighted by Gasteiger charge is 2.13. The topological polar surface area (TPSA) is 40.5 Å². The van der Waals surface area contributed by atoms with Gasteiger partial charge in [-0.15, -0.1) is 0 Å². The molecule has 1 aromatic rings. The molecule has 1 amide bonds. The molecule has 1 saturated heterocycles. The minimum Gasteiger partial charge on any atom is -0.507 e. The van der Waals surface area contributed by atoms with Crippen molar-refractivity contribution >= 4 is 12.0 Å². The first-order valence-electron chi connectivity index (χ1n) is 6.69. The molecule has 2 rings (SSSR count). The van der Waals surface area contributed by atoms with Gasteiger partial charge < -0.3 is 10.0 Å². The first kappa shape index (κ1) is 13.4. The fourth-order valence-corrected chi connectivity index (χ4v) is 2.15. The summed E-state index contributed by atoms with van der Waals surface area (Å²) in [5.74, 6) is 0.316. The van der Waals surface area contributed by atoms with Crippen molar-refractivity contribution in [3.05, 3.63) is 48.1 Å². The van der Waals surface area contributed by atoms with Crippen LogP contribution < -0.4 is 0 Å². The van der Waals surface area contributed by atoms with Gasteiger partial charge >= 0.3 is 0 Å². The van der Waals surface area contributed by atoms with E-state index in [9.17, 15) is 9.90 Å². The van der Waals surface area contributed by atoms with E-state index in [1.54, 1.807) is 36.4 Å². The molecule has 1 heterocycles. The van der Waals surface area contributed by atoms with Crippen molar-refractivity contribution in [3.8, 4) is 5.75 Å². The van der Waals surface area contributed by atoms with Gasteiger partial charge in [-0.25, -0.2) is 0 Å². The van der Waals surface area contributed by atoms with Gasteiger partial charge in [-0.3, -0.25) is 4.79 Å². The van der Waals surface area contributed by atoms with E-state index in [4.69, 9.17) is 0 Å². The summed E-state index contributed by atoms with van der Waals surface area (Å²) in [6, 6.07) is 7.11. The van der Waals surface area contributed by atoms with Crippen LogP contribution in [0.3, 0.4) is 0 Å². The Balaban J connectivity index is 1.89. The van der Waals surface area contributed by atoms with Crippen molar-refractivity contribution in [1.82, 2.24) is 4.90 Å². The molecule has 0 bridgehead atoms. The average Bonchev–Trinajstić information content (AvgIpc) is 2.46. The number of carbonyl (C=O) groups is 1. The second kappa shape index (κ2) is 6.78. The second-order valence-corrected chi connectivity index (χ2v) is 4.66. The van der Waals surface area contributed by atoms with Crippen molar-refractivity contribution in [1.29, 1.82) is 0 Å². The normalized spacial score (nSPS) is 16.3. The van der Waals surface area contributed by atoms with Gasteiger partial charge in [0.05, 0.1) is 0 Å². The van der Waals surface area contributed by atoms with E-state index in [-0.39, 0.29) is 11.7 Å². The highest BCUT2D eigenvalue weighted by atomic mass is 16.3. The molecule has 1 aromatic carbocycles. The number of hydrogen-bond acceptors (Lipinski definition) is 2. The van der Waals surface area contributed by atoms with Crippen LogP contribution in [-0.4, -0.2) is 29.0 Å². The minimum atomic E-state index is 0.0710. The van der Waals surface area contributed by atoms with E-state index < -0.39 is 0 Å². The molecule has 0 saturated carbocycles. The summed E-state index contributed by atoms with van der Waals surface area (Å²) in [6.45, 7) is 1.73. The highest BCUT2D eigenvalue weighted by molar-refractivity contribution is 5.88. The van der Waals surface area contributed by atoms with Gasteiger partial charge in [-0.05, 0) is 25.3 Å². The van der Waals surface area contributed by atoms with Crippen LogP contribution in [0.15, 0.2) is 42.5 Å². The number of hydrogen-bond donors (Lipinski definition) is 1. The molecule has 0 spiro atoms. The van der Waals surface area contributed by atoms with Gasteiger partial charge in [0, 0.05) is 24.7 Å². The largest absolute Gasteiger partial charge is 0.507 e. The molecule has 1 fully saturated rings. The van der Waals surface area contributed by atoms with E-state index in [2.05, 4.69) is 0 Å².